The van der Waals surface area contributed by atoms with Gasteiger partial charge in [-0.2, -0.15) is 0 Å². The predicted molar refractivity (Wildman–Crippen MR) is 85.3 cm³/mol. The number of hydrogen-bond acceptors (Lipinski definition) is 6. The summed E-state index contributed by atoms with van der Waals surface area (Å²) in [6, 6.07) is 3.04. The van der Waals surface area contributed by atoms with Crippen LogP contribution >= 0.6 is 0 Å². The molecule has 134 valence electrons. The fraction of sp³-hybridized carbons (Fsp3) is 0.438. The number of rotatable bonds is 5. The largest absolute Gasteiger partial charge is 0.478 e. The first-order chi connectivity index (χ1) is 11.8. The van der Waals surface area contributed by atoms with Crippen LogP contribution in [0.3, 0.4) is 0 Å². The summed E-state index contributed by atoms with van der Waals surface area (Å²) in [5.74, 6) is -2.88. The third-order valence-corrected chi connectivity index (χ3v) is 4.00. The van der Waals surface area contributed by atoms with E-state index in [4.69, 9.17) is 4.74 Å². The summed E-state index contributed by atoms with van der Waals surface area (Å²) in [4.78, 5) is 47.5. The highest BCUT2D eigenvalue weighted by molar-refractivity contribution is 6.05. The minimum atomic E-state index is -1.35. The zero-order chi connectivity index (χ0) is 18.6. The molecule has 25 heavy (non-hydrogen) atoms. The quantitative estimate of drug-likeness (QED) is 0.486. The molecule has 0 aromatic heterocycles. The maximum atomic E-state index is 12.7. The fourth-order valence-corrected chi connectivity index (χ4v) is 2.79. The normalized spacial score (nSPS) is 17.0. The van der Waals surface area contributed by atoms with E-state index in [0.29, 0.717) is 19.4 Å². The molecule has 0 radical (unpaired) electrons. The summed E-state index contributed by atoms with van der Waals surface area (Å²) in [7, 11) is 0. The van der Waals surface area contributed by atoms with E-state index >= 15 is 0 Å². The van der Waals surface area contributed by atoms with Gasteiger partial charge < -0.3 is 14.7 Å². The van der Waals surface area contributed by atoms with E-state index < -0.39 is 28.7 Å². The van der Waals surface area contributed by atoms with E-state index in [1.807, 2.05) is 0 Å². The third kappa shape index (κ3) is 4.11. The Morgan fingerprint density at radius 3 is 2.68 bits per heavy atom. The predicted octanol–water partition coefficient (Wildman–Crippen LogP) is 1.71. The van der Waals surface area contributed by atoms with Gasteiger partial charge in [0.1, 0.15) is 0 Å². The van der Waals surface area contributed by atoms with Crippen molar-refractivity contribution in [1.29, 1.82) is 0 Å². The number of esters is 1. The van der Waals surface area contributed by atoms with Gasteiger partial charge >= 0.3 is 11.9 Å². The van der Waals surface area contributed by atoms with E-state index in [-0.39, 0.29) is 30.0 Å². The first-order valence-electron chi connectivity index (χ1n) is 7.82. The van der Waals surface area contributed by atoms with Crippen molar-refractivity contribution >= 4 is 23.5 Å². The zero-order valence-corrected chi connectivity index (χ0v) is 13.6. The second-order valence-electron chi connectivity index (χ2n) is 5.63. The van der Waals surface area contributed by atoms with Gasteiger partial charge in [0, 0.05) is 25.2 Å². The van der Waals surface area contributed by atoms with Crippen LogP contribution in [0.25, 0.3) is 0 Å². The second-order valence-corrected chi connectivity index (χ2v) is 5.63. The number of carbonyl (C=O) groups excluding carboxylic acids is 2. The number of ether oxygens (including phenoxy) is 1. The molecule has 1 amide bonds. The lowest BCUT2D eigenvalue weighted by atomic mass is 9.96. The van der Waals surface area contributed by atoms with Crippen LogP contribution in [0.1, 0.15) is 40.5 Å². The molecular formula is C16H18N2O7. The number of carbonyl (C=O) groups is 3. The molecular weight excluding hydrogens is 332 g/mol. The van der Waals surface area contributed by atoms with Gasteiger partial charge in [-0.3, -0.25) is 19.7 Å². The lowest BCUT2D eigenvalue weighted by Crippen LogP contribution is -2.43. The highest BCUT2D eigenvalue weighted by Gasteiger charge is 2.32. The van der Waals surface area contributed by atoms with Crippen LogP contribution in [-0.2, 0) is 9.53 Å². The summed E-state index contributed by atoms with van der Waals surface area (Å²) >= 11 is 0. The van der Waals surface area contributed by atoms with Gasteiger partial charge in [0.2, 0.25) is 0 Å². The maximum Gasteiger partial charge on any atom is 0.336 e. The molecule has 1 N–H and O–H groups in total. The molecule has 1 unspecified atom stereocenters. The molecule has 1 heterocycles. The monoisotopic (exact) mass is 350 g/mol. The summed E-state index contributed by atoms with van der Waals surface area (Å²) in [6.07, 6.45) is 1.13. The van der Waals surface area contributed by atoms with Gasteiger partial charge in [0.05, 0.1) is 28.6 Å². The van der Waals surface area contributed by atoms with Crippen molar-refractivity contribution in [1.82, 2.24) is 4.90 Å². The molecule has 0 aliphatic carbocycles. The lowest BCUT2D eigenvalue weighted by molar-refractivity contribution is -0.384. The molecule has 9 nitrogen and oxygen atoms in total. The first kappa shape index (κ1) is 18.4. The smallest absolute Gasteiger partial charge is 0.336 e. The number of aromatic carboxylic acids is 1. The molecule has 1 atom stereocenters. The number of likely N-dealkylation sites (tertiary alicyclic amines) is 1. The molecule has 0 saturated carbocycles. The fourth-order valence-electron chi connectivity index (χ4n) is 2.79. The standard InChI is InChI=1S/C16H18N2O7/c1-2-25-16(22)10-4-3-7-17(9-10)14(19)13-8-11(18(23)24)5-6-12(13)15(20)21/h5-6,8,10H,2-4,7,9H2,1H3,(H,20,21). The van der Waals surface area contributed by atoms with Gasteiger partial charge in [0.25, 0.3) is 11.6 Å². The van der Waals surface area contributed by atoms with Crippen molar-refractivity contribution in [3.63, 3.8) is 0 Å². The van der Waals surface area contributed by atoms with E-state index in [1.54, 1.807) is 6.92 Å². The molecule has 1 saturated heterocycles. The van der Waals surface area contributed by atoms with E-state index in [0.717, 1.165) is 18.2 Å². The summed E-state index contributed by atoms with van der Waals surface area (Å²) in [6.45, 7) is 2.36. The average Bonchev–Trinajstić information content (AvgIpc) is 2.60. The van der Waals surface area contributed by atoms with Crippen molar-refractivity contribution in [3.05, 3.63) is 39.4 Å². The van der Waals surface area contributed by atoms with Gasteiger partial charge in [-0.25, -0.2) is 4.79 Å². The molecule has 2 rings (SSSR count). The zero-order valence-electron chi connectivity index (χ0n) is 13.6. The highest BCUT2D eigenvalue weighted by atomic mass is 16.6. The topological polar surface area (TPSA) is 127 Å². The van der Waals surface area contributed by atoms with Crippen LogP contribution in [0, 0.1) is 16.0 Å². The number of amides is 1. The Morgan fingerprint density at radius 1 is 1.36 bits per heavy atom. The number of piperidine rings is 1. The SMILES string of the molecule is CCOC(=O)C1CCCN(C(=O)c2cc([N+](=O)[O-])ccc2C(=O)O)C1. The van der Waals surface area contributed by atoms with Crippen LogP contribution in [0.4, 0.5) is 5.69 Å². The van der Waals surface area contributed by atoms with E-state index in [9.17, 15) is 29.6 Å². The molecule has 1 aromatic carbocycles. The molecule has 0 bridgehead atoms. The molecule has 1 aliphatic heterocycles. The molecule has 0 spiro atoms. The average molecular weight is 350 g/mol. The molecule has 9 heteroatoms. The van der Waals surface area contributed by atoms with Crippen LogP contribution in [0.5, 0.6) is 0 Å². The number of nitro benzene ring substituents is 1. The van der Waals surface area contributed by atoms with Crippen molar-refractivity contribution < 1.29 is 29.2 Å². The summed E-state index contributed by atoms with van der Waals surface area (Å²) in [5.41, 5.74) is -0.938. The van der Waals surface area contributed by atoms with Crippen LogP contribution in [0.2, 0.25) is 0 Å². The van der Waals surface area contributed by atoms with Gasteiger partial charge in [-0.05, 0) is 25.8 Å². The minimum absolute atomic E-state index is 0.0966. The van der Waals surface area contributed by atoms with Crippen molar-refractivity contribution in [2.24, 2.45) is 5.92 Å². The number of nitro groups is 1. The van der Waals surface area contributed by atoms with E-state index in [2.05, 4.69) is 0 Å². The molecule has 1 fully saturated rings. The summed E-state index contributed by atoms with van der Waals surface area (Å²) < 4.78 is 4.97. The Hall–Kier alpha value is -2.97. The van der Waals surface area contributed by atoms with Crippen LogP contribution in [-0.4, -0.2) is 52.5 Å². The van der Waals surface area contributed by atoms with Gasteiger partial charge in [-0.15, -0.1) is 0 Å². The van der Waals surface area contributed by atoms with Crippen molar-refractivity contribution in [2.45, 2.75) is 19.8 Å². The lowest BCUT2D eigenvalue weighted by Gasteiger charge is -2.31. The van der Waals surface area contributed by atoms with Crippen molar-refractivity contribution in [3.8, 4) is 0 Å². The Labute approximate surface area is 143 Å². The van der Waals surface area contributed by atoms with Crippen molar-refractivity contribution in [2.75, 3.05) is 19.7 Å². The van der Waals surface area contributed by atoms with Gasteiger partial charge in [-0.1, -0.05) is 0 Å². The number of benzene rings is 1. The number of non-ortho nitro benzene ring substituents is 1. The maximum absolute atomic E-state index is 12.7. The Kier molecular flexibility index (Phi) is 5.68. The number of hydrogen-bond donors (Lipinski definition) is 1. The highest BCUT2D eigenvalue weighted by Crippen LogP contribution is 2.24. The Balaban J connectivity index is 2.29. The Morgan fingerprint density at radius 2 is 2.08 bits per heavy atom. The number of carboxylic acids is 1. The second kappa shape index (κ2) is 7.73. The first-order valence-corrected chi connectivity index (χ1v) is 7.82. The molecule has 1 aromatic rings. The number of nitrogens with zero attached hydrogens (tertiary/aromatic N) is 2. The van der Waals surface area contributed by atoms with Crippen LogP contribution in [0.15, 0.2) is 18.2 Å². The molecule has 1 aliphatic rings. The van der Waals surface area contributed by atoms with E-state index in [1.165, 1.54) is 4.90 Å². The third-order valence-electron chi connectivity index (χ3n) is 4.00. The summed E-state index contributed by atoms with van der Waals surface area (Å²) in [5, 5.41) is 20.2. The number of carboxylic acid groups (broad SMARTS) is 1. The van der Waals surface area contributed by atoms with Crippen LogP contribution < -0.4 is 0 Å². The Bertz CT molecular complexity index is 716. The minimum Gasteiger partial charge on any atom is -0.478 e. The van der Waals surface area contributed by atoms with Gasteiger partial charge in [0.15, 0.2) is 0 Å².